The van der Waals surface area contributed by atoms with Gasteiger partial charge in [0.25, 0.3) is 5.91 Å². The van der Waals surface area contributed by atoms with Crippen LogP contribution in [-0.4, -0.2) is 34.5 Å². The van der Waals surface area contributed by atoms with Crippen molar-refractivity contribution in [2.75, 3.05) is 18.4 Å². The second-order valence-electron chi connectivity index (χ2n) is 6.76. The van der Waals surface area contributed by atoms with Crippen LogP contribution in [0, 0.1) is 6.92 Å². The van der Waals surface area contributed by atoms with Gasteiger partial charge in [0.15, 0.2) is 0 Å². The summed E-state index contributed by atoms with van der Waals surface area (Å²) < 4.78 is 0. The number of carbonyl (C=O) groups excluding carboxylic acids is 1. The number of benzene rings is 1. The van der Waals surface area contributed by atoms with Gasteiger partial charge in [0.05, 0.1) is 16.9 Å². The highest BCUT2D eigenvalue weighted by Crippen LogP contribution is 2.33. The van der Waals surface area contributed by atoms with Gasteiger partial charge in [-0.05, 0) is 30.7 Å². The van der Waals surface area contributed by atoms with E-state index in [2.05, 4.69) is 26.6 Å². The molecule has 0 radical (unpaired) electrons. The minimum atomic E-state index is -0.323. The van der Waals surface area contributed by atoms with Gasteiger partial charge < -0.3 is 10.6 Å². The summed E-state index contributed by atoms with van der Waals surface area (Å²) in [7, 11) is 0. The summed E-state index contributed by atoms with van der Waals surface area (Å²) in [5.74, 6) is 0.0330. The Morgan fingerprint density at radius 3 is 2.71 bits per heavy atom. The number of anilines is 1. The normalized spacial score (nSPS) is 19.5. The number of aromatic nitrogens is 1. The van der Waals surface area contributed by atoms with E-state index in [1.165, 1.54) is 0 Å². The quantitative estimate of drug-likeness (QED) is 0.892. The Labute approximate surface area is 142 Å². The van der Waals surface area contributed by atoms with Crippen LogP contribution >= 0.6 is 0 Å². The molecule has 0 saturated carbocycles. The molecule has 0 atom stereocenters. The molecule has 1 aromatic heterocycles. The number of amides is 1. The van der Waals surface area contributed by atoms with E-state index in [1.807, 2.05) is 43.5 Å². The third-order valence-electron chi connectivity index (χ3n) is 5.06. The maximum Gasteiger partial charge on any atom is 0.255 e. The van der Waals surface area contributed by atoms with Crippen LogP contribution in [0.4, 0.5) is 5.69 Å². The number of likely N-dealkylation sites (tertiary alicyclic amines) is 1. The van der Waals surface area contributed by atoms with Crippen molar-refractivity contribution in [1.82, 2.24) is 15.2 Å². The van der Waals surface area contributed by atoms with E-state index >= 15 is 0 Å². The molecule has 1 fully saturated rings. The van der Waals surface area contributed by atoms with Crippen LogP contribution in [-0.2, 0) is 6.54 Å². The van der Waals surface area contributed by atoms with Gasteiger partial charge in [-0.1, -0.05) is 18.2 Å². The standard InChI is InChI=1S/C19H22N4O/c1-14-5-4-7-16-17(14)21-19(22-18(16)24)8-11-23(12-9-19)13-15-6-2-3-10-20-15/h2-7,10,21H,8-9,11-13H2,1H3,(H,22,24). The third-order valence-corrected chi connectivity index (χ3v) is 5.06. The van der Waals surface area contributed by atoms with E-state index in [9.17, 15) is 4.79 Å². The SMILES string of the molecule is Cc1cccc2c1NC1(CCN(Cc3ccccn3)CC1)NC2=O. The summed E-state index contributed by atoms with van der Waals surface area (Å²) in [5, 5.41) is 6.83. The van der Waals surface area contributed by atoms with Crippen molar-refractivity contribution in [3.05, 3.63) is 59.4 Å². The summed E-state index contributed by atoms with van der Waals surface area (Å²) in [6.45, 7) is 4.78. The van der Waals surface area contributed by atoms with Crippen molar-refractivity contribution in [3.8, 4) is 0 Å². The molecular formula is C19H22N4O. The average molecular weight is 322 g/mol. The smallest absolute Gasteiger partial charge is 0.255 e. The van der Waals surface area contributed by atoms with E-state index in [0.717, 1.165) is 55.0 Å². The molecule has 0 aliphatic carbocycles. The maximum absolute atomic E-state index is 12.5. The van der Waals surface area contributed by atoms with Crippen LogP contribution < -0.4 is 10.6 Å². The van der Waals surface area contributed by atoms with Crippen molar-refractivity contribution in [3.63, 3.8) is 0 Å². The van der Waals surface area contributed by atoms with Crippen LogP contribution in [0.25, 0.3) is 0 Å². The summed E-state index contributed by atoms with van der Waals surface area (Å²) in [6.07, 6.45) is 3.61. The number of para-hydroxylation sites is 1. The van der Waals surface area contributed by atoms with Crippen LogP contribution in [0.5, 0.6) is 0 Å². The molecule has 0 unspecified atom stereocenters. The van der Waals surface area contributed by atoms with Crippen LogP contribution in [0.15, 0.2) is 42.6 Å². The largest absolute Gasteiger partial charge is 0.362 e. The van der Waals surface area contributed by atoms with Gasteiger partial charge in [0, 0.05) is 38.7 Å². The van der Waals surface area contributed by atoms with E-state index < -0.39 is 0 Å². The molecule has 5 heteroatoms. The van der Waals surface area contributed by atoms with Gasteiger partial charge in [0.2, 0.25) is 0 Å². The molecule has 2 N–H and O–H groups in total. The number of rotatable bonds is 2. The lowest BCUT2D eigenvalue weighted by molar-refractivity contribution is 0.0821. The molecule has 1 saturated heterocycles. The summed E-state index contributed by atoms with van der Waals surface area (Å²) >= 11 is 0. The number of carbonyl (C=O) groups is 1. The summed E-state index contributed by atoms with van der Waals surface area (Å²) in [5.41, 5.74) is 3.63. The molecule has 24 heavy (non-hydrogen) atoms. The highest BCUT2D eigenvalue weighted by molar-refractivity contribution is 6.02. The molecule has 2 aliphatic rings. The lowest BCUT2D eigenvalue weighted by Gasteiger charge is -2.46. The van der Waals surface area contributed by atoms with Gasteiger partial charge in [-0.15, -0.1) is 0 Å². The fourth-order valence-electron chi connectivity index (χ4n) is 3.64. The summed E-state index contributed by atoms with van der Waals surface area (Å²) in [6, 6.07) is 11.9. The zero-order valence-electron chi connectivity index (χ0n) is 13.9. The Morgan fingerprint density at radius 2 is 1.96 bits per heavy atom. The Kier molecular flexibility index (Phi) is 3.73. The fraction of sp³-hybridized carbons (Fsp3) is 0.368. The van der Waals surface area contributed by atoms with E-state index in [-0.39, 0.29) is 11.6 Å². The number of aryl methyl sites for hydroxylation is 1. The van der Waals surface area contributed by atoms with Crippen molar-refractivity contribution < 1.29 is 4.79 Å². The first-order chi connectivity index (χ1) is 11.7. The molecule has 2 aliphatic heterocycles. The van der Waals surface area contributed by atoms with Crippen LogP contribution in [0.1, 0.15) is 34.5 Å². The lowest BCUT2D eigenvalue weighted by Crippen LogP contribution is -2.62. The van der Waals surface area contributed by atoms with Gasteiger partial charge >= 0.3 is 0 Å². The predicted octanol–water partition coefficient (Wildman–Crippen LogP) is 2.54. The Bertz CT molecular complexity index is 751. The lowest BCUT2D eigenvalue weighted by atomic mass is 9.91. The number of piperidine rings is 1. The topological polar surface area (TPSA) is 57.3 Å². The second kappa shape index (κ2) is 5.91. The van der Waals surface area contributed by atoms with Gasteiger partial charge in [-0.25, -0.2) is 0 Å². The molecule has 0 bridgehead atoms. The molecule has 124 valence electrons. The van der Waals surface area contributed by atoms with Crippen LogP contribution in [0.3, 0.4) is 0 Å². The zero-order chi connectivity index (χ0) is 16.6. The zero-order valence-corrected chi connectivity index (χ0v) is 13.9. The second-order valence-corrected chi connectivity index (χ2v) is 6.76. The Balaban J connectivity index is 1.47. The molecule has 1 aromatic carbocycles. The first-order valence-electron chi connectivity index (χ1n) is 8.48. The Morgan fingerprint density at radius 1 is 1.12 bits per heavy atom. The molecule has 1 amide bonds. The molecule has 1 spiro atoms. The van der Waals surface area contributed by atoms with Gasteiger partial charge in [-0.2, -0.15) is 0 Å². The Hall–Kier alpha value is -2.40. The maximum atomic E-state index is 12.5. The number of hydrogen-bond acceptors (Lipinski definition) is 4. The van der Waals surface area contributed by atoms with Crippen molar-refractivity contribution in [2.24, 2.45) is 0 Å². The van der Waals surface area contributed by atoms with E-state index in [1.54, 1.807) is 0 Å². The number of fused-ring (bicyclic) bond motifs is 1. The van der Waals surface area contributed by atoms with Crippen molar-refractivity contribution in [2.45, 2.75) is 32.0 Å². The molecule has 4 rings (SSSR count). The highest BCUT2D eigenvalue weighted by atomic mass is 16.2. The van der Waals surface area contributed by atoms with Crippen molar-refractivity contribution in [1.29, 1.82) is 0 Å². The number of hydrogen-bond donors (Lipinski definition) is 2. The van der Waals surface area contributed by atoms with Crippen molar-refractivity contribution >= 4 is 11.6 Å². The first-order valence-corrected chi connectivity index (χ1v) is 8.48. The minimum Gasteiger partial charge on any atom is -0.362 e. The van der Waals surface area contributed by atoms with E-state index in [4.69, 9.17) is 0 Å². The number of nitrogens with zero attached hydrogens (tertiary/aromatic N) is 2. The minimum absolute atomic E-state index is 0.0330. The number of pyridine rings is 1. The van der Waals surface area contributed by atoms with Gasteiger partial charge in [-0.3, -0.25) is 14.7 Å². The average Bonchev–Trinajstić information content (AvgIpc) is 2.59. The van der Waals surface area contributed by atoms with E-state index in [0.29, 0.717) is 0 Å². The summed E-state index contributed by atoms with van der Waals surface area (Å²) in [4.78, 5) is 19.3. The molecule has 5 nitrogen and oxygen atoms in total. The number of nitrogens with one attached hydrogen (secondary N) is 2. The predicted molar refractivity (Wildman–Crippen MR) is 93.7 cm³/mol. The molecule has 2 aromatic rings. The monoisotopic (exact) mass is 322 g/mol. The molecular weight excluding hydrogens is 300 g/mol. The van der Waals surface area contributed by atoms with Crippen LogP contribution in [0.2, 0.25) is 0 Å². The fourth-order valence-corrected chi connectivity index (χ4v) is 3.64. The highest BCUT2D eigenvalue weighted by Gasteiger charge is 2.40. The van der Waals surface area contributed by atoms with Gasteiger partial charge in [0.1, 0.15) is 5.66 Å². The molecule has 3 heterocycles. The third kappa shape index (κ3) is 2.76. The first kappa shape index (κ1) is 15.1.